The average Bonchev–Trinajstić information content (AvgIpc) is 3.25. The third-order valence-corrected chi connectivity index (χ3v) is 5.61. The van der Waals surface area contributed by atoms with Crippen LogP contribution in [0.5, 0.6) is 5.75 Å². The fourth-order valence-corrected chi connectivity index (χ4v) is 4.11. The number of hydrogen-bond donors (Lipinski definition) is 0. The van der Waals surface area contributed by atoms with Crippen LogP contribution in [0.15, 0.2) is 42.5 Å². The molecule has 0 aromatic heterocycles. The van der Waals surface area contributed by atoms with E-state index < -0.39 is 5.41 Å². The molecule has 6 heteroatoms. The van der Waals surface area contributed by atoms with Crippen molar-refractivity contribution in [3.63, 3.8) is 0 Å². The van der Waals surface area contributed by atoms with Crippen molar-refractivity contribution in [2.24, 2.45) is 0 Å². The predicted octanol–water partition coefficient (Wildman–Crippen LogP) is 2.33. The standard InChI is InChI=1S/C21H19N3O3/c1-23-18-8-7-16(27-2)11-17(18)21(20(23)26)9-10-24(13-21)19(25)15-5-3-14(12-22)4-6-15/h3-8,11H,9-10,13H2,1-2H3/t21-/m0/s1. The number of fused-ring (bicyclic) bond motifs is 2. The molecule has 1 fully saturated rings. The zero-order valence-corrected chi connectivity index (χ0v) is 15.2. The van der Waals surface area contributed by atoms with Gasteiger partial charge in [-0.25, -0.2) is 0 Å². The highest BCUT2D eigenvalue weighted by atomic mass is 16.5. The van der Waals surface area contributed by atoms with Crippen LogP contribution in [0.1, 0.15) is 27.9 Å². The van der Waals surface area contributed by atoms with Gasteiger partial charge in [-0.15, -0.1) is 0 Å². The van der Waals surface area contributed by atoms with E-state index in [0.717, 1.165) is 11.3 Å². The molecule has 27 heavy (non-hydrogen) atoms. The van der Waals surface area contributed by atoms with Crippen LogP contribution in [-0.4, -0.2) is 44.0 Å². The third kappa shape index (κ3) is 2.47. The summed E-state index contributed by atoms with van der Waals surface area (Å²) in [6.45, 7) is 0.851. The largest absolute Gasteiger partial charge is 0.497 e. The van der Waals surface area contributed by atoms with Gasteiger partial charge in [0.15, 0.2) is 0 Å². The van der Waals surface area contributed by atoms with Gasteiger partial charge >= 0.3 is 0 Å². The maximum absolute atomic E-state index is 13.1. The van der Waals surface area contributed by atoms with Gasteiger partial charge < -0.3 is 14.5 Å². The van der Waals surface area contributed by atoms with E-state index in [4.69, 9.17) is 10.00 Å². The Hall–Kier alpha value is -3.33. The average molecular weight is 361 g/mol. The van der Waals surface area contributed by atoms with Crippen molar-refractivity contribution in [2.45, 2.75) is 11.8 Å². The molecular formula is C21H19N3O3. The van der Waals surface area contributed by atoms with E-state index in [2.05, 4.69) is 0 Å². The highest BCUT2D eigenvalue weighted by Gasteiger charge is 2.54. The Kier molecular flexibility index (Phi) is 3.88. The van der Waals surface area contributed by atoms with Gasteiger partial charge in [0.1, 0.15) is 5.75 Å². The first-order chi connectivity index (χ1) is 13.0. The van der Waals surface area contributed by atoms with E-state index >= 15 is 0 Å². The number of likely N-dealkylation sites (N-methyl/N-ethyl adjacent to an activating group) is 1. The summed E-state index contributed by atoms with van der Waals surface area (Å²) in [5.41, 5.74) is 2.10. The number of hydrogen-bond acceptors (Lipinski definition) is 4. The summed E-state index contributed by atoms with van der Waals surface area (Å²) in [4.78, 5) is 29.4. The normalized spacial score (nSPS) is 20.7. The highest BCUT2D eigenvalue weighted by molar-refractivity contribution is 6.09. The summed E-state index contributed by atoms with van der Waals surface area (Å²) in [7, 11) is 3.37. The van der Waals surface area contributed by atoms with E-state index in [1.807, 2.05) is 24.3 Å². The van der Waals surface area contributed by atoms with E-state index in [-0.39, 0.29) is 11.8 Å². The summed E-state index contributed by atoms with van der Waals surface area (Å²) in [6.07, 6.45) is 0.582. The van der Waals surface area contributed by atoms with E-state index in [1.54, 1.807) is 48.2 Å². The van der Waals surface area contributed by atoms with Gasteiger partial charge in [-0.05, 0) is 54.4 Å². The molecule has 4 rings (SSSR count). The first-order valence-corrected chi connectivity index (χ1v) is 8.76. The molecule has 6 nitrogen and oxygen atoms in total. The van der Waals surface area contributed by atoms with Crippen molar-refractivity contribution in [3.8, 4) is 11.8 Å². The summed E-state index contributed by atoms with van der Waals surface area (Å²) >= 11 is 0. The minimum Gasteiger partial charge on any atom is -0.497 e. The summed E-state index contributed by atoms with van der Waals surface area (Å²) in [5, 5.41) is 8.91. The number of benzene rings is 2. The smallest absolute Gasteiger partial charge is 0.253 e. The maximum atomic E-state index is 13.1. The van der Waals surface area contributed by atoms with Crippen LogP contribution in [0.4, 0.5) is 5.69 Å². The second-order valence-electron chi connectivity index (χ2n) is 7.00. The zero-order valence-electron chi connectivity index (χ0n) is 15.2. The molecular weight excluding hydrogens is 342 g/mol. The van der Waals surface area contributed by atoms with Gasteiger partial charge in [0.2, 0.25) is 5.91 Å². The molecule has 1 saturated heterocycles. The van der Waals surface area contributed by atoms with Gasteiger partial charge in [0.05, 0.1) is 24.2 Å². The fraction of sp³-hybridized carbons (Fsp3) is 0.286. The van der Waals surface area contributed by atoms with Crippen molar-refractivity contribution in [3.05, 3.63) is 59.2 Å². The molecule has 0 N–H and O–H groups in total. The molecule has 0 saturated carbocycles. The minimum absolute atomic E-state index is 0.0147. The van der Waals surface area contributed by atoms with Crippen molar-refractivity contribution in [2.75, 3.05) is 32.1 Å². The first kappa shape index (κ1) is 17.1. The number of rotatable bonds is 2. The van der Waals surface area contributed by atoms with Crippen LogP contribution in [0.25, 0.3) is 0 Å². The third-order valence-electron chi connectivity index (χ3n) is 5.61. The summed E-state index contributed by atoms with van der Waals surface area (Å²) in [5.74, 6) is 0.595. The van der Waals surface area contributed by atoms with Crippen molar-refractivity contribution >= 4 is 17.5 Å². The monoisotopic (exact) mass is 361 g/mol. The number of nitrogens with zero attached hydrogens (tertiary/aromatic N) is 3. The van der Waals surface area contributed by atoms with Crippen LogP contribution in [0.3, 0.4) is 0 Å². The summed E-state index contributed by atoms with van der Waals surface area (Å²) < 4.78 is 5.34. The lowest BCUT2D eigenvalue weighted by Crippen LogP contribution is -2.42. The Morgan fingerprint density at radius 3 is 2.63 bits per heavy atom. The second kappa shape index (κ2) is 6.13. The minimum atomic E-state index is -0.721. The lowest BCUT2D eigenvalue weighted by atomic mass is 9.81. The predicted molar refractivity (Wildman–Crippen MR) is 99.8 cm³/mol. The molecule has 2 aromatic rings. The van der Waals surface area contributed by atoms with Crippen LogP contribution in [0.2, 0.25) is 0 Å². The van der Waals surface area contributed by atoms with Crippen molar-refractivity contribution in [1.82, 2.24) is 4.90 Å². The second-order valence-corrected chi connectivity index (χ2v) is 7.00. The number of ether oxygens (including phenoxy) is 1. The number of nitriles is 1. The topological polar surface area (TPSA) is 73.6 Å². The molecule has 1 atom stereocenters. The molecule has 2 aromatic carbocycles. The Balaban J connectivity index is 1.66. The van der Waals surface area contributed by atoms with Gasteiger partial charge in [-0.2, -0.15) is 5.26 Å². The quantitative estimate of drug-likeness (QED) is 0.823. The molecule has 0 aliphatic carbocycles. The molecule has 136 valence electrons. The van der Waals surface area contributed by atoms with Crippen molar-refractivity contribution in [1.29, 1.82) is 5.26 Å². The Labute approximate surface area is 157 Å². The Morgan fingerprint density at radius 1 is 1.22 bits per heavy atom. The molecule has 2 amide bonds. The van der Waals surface area contributed by atoms with Crippen LogP contribution in [-0.2, 0) is 10.2 Å². The number of carbonyl (C=O) groups is 2. The molecule has 0 radical (unpaired) electrons. The number of anilines is 1. The number of methoxy groups -OCH3 is 1. The number of carbonyl (C=O) groups excluding carboxylic acids is 2. The van der Waals surface area contributed by atoms with E-state index in [0.29, 0.717) is 36.4 Å². The lowest BCUT2D eigenvalue weighted by molar-refractivity contribution is -0.122. The lowest BCUT2D eigenvalue weighted by Gasteiger charge is -2.23. The van der Waals surface area contributed by atoms with Gasteiger partial charge in [0, 0.05) is 31.4 Å². The van der Waals surface area contributed by atoms with Gasteiger partial charge in [0.25, 0.3) is 5.91 Å². The Morgan fingerprint density at radius 2 is 1.96 bits per heavy atom. The van der Waals surface area contributed by atoms with Gasteiger partial charge in [-0.1, -0.05) is 0 Å². The fourth-order valence-electron chi connectivity index (χ4n) is 4.11. The molecule has 2 aliphatic heterocycles. The van der Waals surface area contributed by atoms with E-state index in [9.17, 15) is 9.59 Å². The van der Waals surface area contributed by atoms with Crippen molar-refractivity contribution < 1.29 is 14.3 Å². The maximum Gasteiger partial charge on any atom is 0.253 e. The molecule has 1 spiro atoms. The number of likely N-dealkylation sites (tertiary alicyclic amines) is 1. The molecule has 2 heterocycles. The zero-order chi connectivity index (χ0) is 19.2. The molecule has 0 unspecified atom stereocenters. The van der Waals surface area contributed by atoms with Crippen LogP contribution in [0, 0.1) is 11.3 Å². The number of amides is 2. The first-order valence-electron chi connectivity index (χ1n) is 8.76. The van der Waals surface area contributed by atoms with Crippen LogP contribution >= 0.6 is 0 Å². The Bertz CT molecular complexity index is 977. The summed E-state index contributed by atoms with van der Waals surface area (Å²) in [6, 6.07) is 14.3. The molecule has 2 aliphatic rings. The highest BCUT2D eigenvalue weighted by Crippen LogP contribution is 2.48. The SMILES string of the molecule is COc1ccc2c(c1)[C@@]1(CCN(C(=O)c3ccc(C#N)cc3)C1)C(=O)N2C. The van der Waals surface area contributed by atoms with Gasteiger partial charge in [-0.3, -0.25) is 9.59 Å². The van der Waals surface area contributed by atoms with E-state index in [1.165, 1.54) is 0 Å². The van der Waals surface area contributed by atoms with Crippen LogP contribution < -0.4 is 9.64 Å². The molecule has 0 bridgehead atoms.